The molecule has 3 N–H and O–H groups in total. The third kappa shape index (κ3) is 3.10. The fraction of sp³-hybridized carbons (Fsp3) is 0.500. The summed E-state index contributed by atoms with van der Waals surface area (Å²) >= 11 is 0. The van der Waals surface area contributed by atoms with Gasteiger partial charge in [-0.15, -0.1) is 0 Å². The number of hydrazine groups is 1. The lowest BCUT2D eigenvalue weighted by molar-refractivity contribution is -0.383. The summed E-state index contributed by atoms with van der Waals surface area (Å²) in [4.78, 5) is 12.8. The molecule has 0 heterocycles. The summed E-state index contributed by atoms with van der Waals surface area (Å²) < 4.78 is 0. The van der Waals surface area contributed by atoms with Crippen molar-refractivity contribution in [3.8, 4) is 0 Å². The Morgan fingerprint density at radius 1 is 1.33 bits per heavy atom. The number of rotatable bonds is 7. The van der Waals surface area contributed by atoms with Gasteiger partial charge in [-0.05, 0) is 25.0 Å². The highest BCUT2D eigenvalue weighted by atomic mass is 16.6. The van der Waals surface area contributed by atoms with E-state index in [1.165, 1.54) is 0 Å². The molecule has 0 saturated carbocycles. The number of nitrogen functional groups attached to an aromatic ring is 1. The van der Waals surface area contributed by atoms with Crippen LogP contribution in [-0.4, -0.2) is 18.0 Å². The second-order valence-electron chi connectivity index (χ2n) is 4.06. The van der Waals surface area contributed by atoms with Crippen LogP contribution >= 0.6 is 0 Å². The number of nitrogens with zero attached hydrogens (tertiary/aromatic N) is 2. The van der Waals surface area contributed by atoms with Gasteiger partial charge < -0.3 is 10.3 Å². The number of para-hydroxylation sites is 1. The van der Waals surface area contributed by atoms with E-state index in [1.54, 1.807) is 18.2 Å². The molecule has 6 nitrogen and oxygen atoms in total. The molecule has 0 atom stereocenters. The molecule has 1 rings (SSSR count). The van der Waals surface area contributed by atoms with E-state index in [1.807, 2.05) is 4.90 Å². The minimum Gasteiger partial charge on any atom is -0.366 e. The van der Waals surface area contributed by atoms with E-state index >= 15 is 0 Å². The lowest BCUT2D eigenvalue weighted by atomic mass is 10.2. The van der Waals surface area contributed by atoms with Gasteiger partial charge >= 0.3 is 5.69 Å². The van der Waals surface area contributed by atoms with Crippen molar-refractivity contribution in [2.24, 2.45) is 5.84 Å². The lowest BCUT2D eigenvalue weighted by Gasteiger charge is -2.24. The standard InChI is InChI=1S/C12H20N4O2/c1-3-8-15(9-4-2)11-7-5-6-10(14-13)12(11)16(17)18/h5-7,14H,3-4,8-9,13H2,1-2H3. The molecule has 0 bridgehead atoms. The Kier molecular flexibility index (Phi) is 5.38. The smallest absolute Gasteiger partial charge is 0.316 e. The lowest BCUT2D eigenvalue weighted by Crippen LogP contribution is -2.26. The molecule has 0 spiro atoms. The molecule has 1 aromatic carbocycles. The number of nitrogens with one attached hydrogen (secondary N) is 1. The van der Waals surface area contributed by atoms with Gasteiger partial charge in [0.15, 0.2) is 0 Å². The average molecular weight is 252 g/mol. The topological polar surface area (TPSA) is 84.4 Å². The molecule has 100 valence electrons. The molecule has 0 aliphatic rings. The van der Waals surface area contributed by atoms with Gasteiger partial charge in [-0.3, -0.25) is 16.0 Å². The van der Waals surface area contributed by atoms with Crippen molar-refractivity contribution in [3.63, 3.8) is 0 Å². The van der Waals surface area contributed by atoms with Crippen LogP contribution in [0.25, 0.3) is 0 Å². The number of nitrogens with two attached hydrogens (primary N) is 1. The maximum absolute atomic E-state index is 11.2. The summed E-state index contributed by atoms with van der Waals surface area (Å²) in [6.45, 7) is 5.70. The number of nitro groups is 1. The highest BCUT2D eigenvalue weighted by Gasteiger charge is 2.22. The van der Waals surface area contributed by atoms with Crippen molar-refractivity contribution >= 4 is 17.1 Å². The molecule has 0 fully saturated rings. The van der Waals surface area contributed by atoms with Crippen LogP contribution in [0.2, 0.25) is 0 Å². The van der Waals surface area contributed by atoms with Crippen LogP contribution in [0.4, 0.5) is 17.1 Å². The van der Waals surface area contributed by atoms with Gasteiger partial charge in [0.05, 0.1) is 4.92 Å². The first-order valence-electron chi connectivity index (χ1n) is 6.14. The molecule has 18 heavy (non-hydrogen) atoms. The Morgan fingerprint density at radius 3 is 2.39 bits per heavy atom. The third-order valence-electron chi connectivity index (χ3n) is 2.68. The van der Waals surface area contributed by atoms with E-state index < -0.39 is 0 Å². The fourth-order valence-corrected chi connectivity index (χ4v) is 1.99. The van der Waals surface area contributed by atoms with Gasteiger partial charge in [-0.2, -0.15) is 0 Å². The van der Waals surface area contributed by atoms with Gasteiger partial charge in [-0.25, -0.2) is 0 Å². The highest BCUT2D eigenvalue weighted by Crippen LogP contribution is 2.35. The van der Waals surface area contributed by atoms with Crippen LogP contribution in [0, 0.1) is 10.1 Å². The number of hydrogen-bond donors (Lipinski definition) is 2. The van der Waals surface area contributed by atoms with Crippen molar-refractivity contribution in [3.05, 3.63) is 28.3 Å². The first kappa shape index (κ1) is 14.2. The third-order valence-corrected chi connectivity index (χ3v) is 2.68. The van der Waals surface area contributed by atoms with Gasteiger partial charge in [0.1, 0.15) is 11.4 Å². The first-order valence-corrected chi connectivity index (χ1v) is 6.14. The van der Waals surface area contributed by atoms with E-state index in [4.69, 9.17) is 5.84 Å². The average Bonchev–Trinajstić information content (AvgIpc) is 2.37. The van der Waals surface area contributed by atoms with Crippen molar-refractivity contribution in [1.29, 1.82) is 0 Å². The summed E-state index contributed by atoms with van der Waals surface area (Å²) in [5.74, 6) is 5.33. The number of nitro benzene ring substituents is 1. The summed E-state index contributed by atoms with van der Waals surface area (Å²) in [6.07, 6.45) is 1.88. The summed E-state index contributed by atoms with van der Waals surface area (Å²) in [5.41, 5.74) is 3.40. The van der Waals surface area contributed by atoms with Crippen LogP contribution < -0.4 is 16.2 Å². The Labute approximate surface area is 107 Å². The normalized spacial score (nSPS) is 10.2. The molecule has 0 amide bonds. The van der Waals surface area contributed by atoms with Gasteiger partial charge in [0.2, 0.25) is 0 Å². The van der Waals surface area contributed by atoms with Crippen LogP contribution in [-0.2, 0) is 0 Å². The number of hydrogen-bond acceptors (Lipinski definition) is 5. The number of benzene rings is 1. The molecule has 1 aromatic rings. The van der Waals surface area contributed by atoms with E-state index in [0.29, 0.717) is 11.4 Å². The summed E-state index contributed by atoms with van der Waals surface area (Å²) in [5, 5.41) is 11.2. The largest absolute Gasteiger partial charge is 0.366 e. The first-order chi connectivity index (χ1) is 8.65. The minimum absolute atomic E-state index is 0.0434. The minimum atomic E-state index is -0.386. The summed E-state index contributed by atoms with van der Waals surface area (Å²) in [6, 6.07) is 5.15. The highest BCUT2D eigenvalue weighted by molar-refractivity contribution is 5.76. The Hall–Kier alpha value is -1.82. The van der Waals surface area contributed by atoms with Crippen molar-refractivity contribution < 1.29 is 4.92 Å². The molecule has 6 heteroatoms. The van der Waals surface area contributed by atoms with Crippen molar-refractivity contribution in [2.45, 2.75) is 26.7 Å². The maximum atomic E-state index is 11.2. The molecule has 0 saturated heterocycles. The molecule has 0 aliphatic heterocycles. The predicted molar refractivity (Wildman–Crippen MR) is 73.7 cm³/mol. The van der Waals surface area contributed by atoms with Gasteiger partial charge in [0, 0.05) is 13.1 Å². The van der Waals surface area contributed by atoms with E-state index in [-0.39, 0.29) is 10.6 Å². The van der Waals surface area contributed by atoms with Gasteiger partial charge in [0.25, 0.3) is 0 Å². The quantitative estimate of drug-likeness (QED) is 0.442. The van der Waals surface area contributed by atoms with Crippen LogP contribution in [0.5, 0.6) is 0 Å². The van der Waals surface area contributed by atoms with E-state index in [2.05, 4.69) is 19.3 Å². The predicted octanol–water partition coefficient (Wildman–Crippen LogP) is 2.51. The van der Waals surface area contributed by atoms with Crippen LogP contribution in [0.1, 0.15) is 26.7 Å². The van der Waals surface area contributed by atoms with Crippen molar-refractivity contribution in [1.82, 2.24) is 0 Å². The Bertz CT molecular complexity index is 403. The fourth-order valence-electron chi connectivity index (χ4n) is 1.99. The van der Waals surface area contributed by atoms with Crippen molar-refractivity contribution in [2.75, 3.05) is 23.4 Å². The SMILES string of the molecule is CCCN(CCC)c1cccc(NN)c1[N+](=O)[O-]. The van der Waals surface area contributed by atoms with Gasteiger partial charge in [-0.1, -0.05) is 19.9 Å². The van der Waals surface area contributed by atoms with Crippen LogP contribution in [0.3, 0.4) is 0 Å². The Balaban J connectivity index is 3.23. The monoisotopic (exact) mass is 252 g/mol. The second-order valence-corrected chi connectivity index (χ2v) is 4.06. The number of anilines is 2. The molecule has 0 aliphatic carbocycles. The Morgan fingerprint density at radius 2 is 1.94 bits per heavy atom. The summed E-state index contributed by atoms with van der Waals surface area (Å²) in [7, 11) is 0. The molecular formula is C12H20N4O2. The molecule has 0 unspecified atom stereocenters. The molecule has 0 aromatic heterocycles. The molecule has 0 radical (unpaired) electrons. The maximum Gasteiger partial charge on any atom is 0.316 e. The van der Waals surface area contributed by atoms with E-state index in [9.17, 15) is 10.1 Å². The zero-order valence-corrected chi connectivity index (χ0v) is 10.8. The zero-order chi connectivity index (χ0) is 13.5. The molecular weight excluding hydrogens is 232 g/mol. The van der Waals surface area contributed by atoms with Crippen LogP contribution in [0.15, 0.2) is 18.2 Å². The second kappa shape index (κ2) is 6.80. The van der Waals surface area contributed by atoms with E-state index in [0.717, 1.165) is 25.9 Å². The zero-order valence-electron chi connectivity index (χ0n) is 10.8.